The van der Waals surface area contributed by atoms with Crippen LogP contribution in [0.4, 0.5) is 0 Å². The second-order valence-electron chi connectivity index (χ2n) is 17.2. The Morgan fingerprint density at radius 3 is 1.38 bits per heavy atom. The summed E-state index contributed by atoms with van der Waals surface area (Å²) in [6, 6.07) is 0. The molecule has 0 fully saturated rings. The van der Waals surface area contributed by atoms with E-state index in [-0.39, 0.29) is 23.8 Å². The molecule has 0 amide bonds. The number of carbonyl (C=O) groups is 3. The lowest BCUT2D eigenvalue weighted by Gasteiger charge is -2.22. The molecular weight excluding hydrogens is 683 g/mol. The second kappa shape index (κ2) is 42.2. The van der Waals surface area contributed by atoms with Crippen LogP contribution in [-0.2, 0) is 23.9 Å². The number of esters is 2. The highest BCUT2D eigenvalue weighted by atomic mass is 16.5. The Kier molecular flexibility index (Phi) is 41.1. The summed E-state index contributed by atoms with van der Waals surface area (Å²) in [7, 11) is 0. The summed E-state index contributed by atoms with van der Waals surface area (Å²) < 4.78 is 11.5. The van der Waals surface area contributed by atoms with E-state index in [1.165, 1.54) is 148 Å². The summed E-state index contributed by atoms with van der Waals surface area (Å²) in [4.78, 5) is 38.9. The van der Waals surface area contributed by atoms with Crippen LogP contribution in [0.25, 0.3) is 0 Å². The normalized spacial score (nSPS) is 12.6. The number of Topliss-reactive ketones (excluding diaryl/α,β-unsaturated/α-hetero) is 1. The molecule has 0 saturated carbocycles. The van der Waals surface area contributed by atoms with Gasteiger partial charge in [-0.3, -0.25) is 9.59 Å². The van der Waals surface area contributed by atoms with E-state index in [9.17, 15) is 14.4 Å². The van der Waals surface area contributed by atoms with Crippen LogP contribution in [0, 0.1) is 5.92 Å². The minimum absolute atomic E-state index is 0.0195. The van der Waals surface area contributed by atoms with E-state index in [2.05, 4.69) is 32.6 Å². The van der Waals surface area contributed by atoms with Gasteiger partial charge < -0.3 is 19.2 Å². The van der Waals surface area contributed by atoms with Crippen molar-refractivity contribution in [2.24, 2.45) is 5.92 Å². The van der Waals surface area contributed by atoms with Crippen LogP contribution < -0.4 is 0 Å². The number of nitrogens with zero attached hydrogens (tertiary/aromatic N) is 1. The zero-order chi connectivity index (χ0) is 40.5. The molecule has 0 heterocycles. The van der Waals surface area contributed by atoms with Crippen LogP contribution in [0.15, 0.2) is 0 Å². The number of carbonyl (C=O) groups excluding carboxylic acids is 3. The van der Waals surface area contributed by atoms with Gasteiger partial charge in [-0.2, -0.15) is 0 Å². The third kappa shape index (κ3) is 40.6. The molecule has 0 aromatic rings. The van der Waals surface area contributed by atoms with Gasteiger partial charge in [0.2, 0.25) is 0 Å². The zero-order valence-electron chi connectivity index (χ0n) is 37.7. The van der Waals surface area contributed by atoms with Crippen LogP contribution in [0.5, 0.6) is 0 Å². The van der Waals surface area contributed by atoms with E-state index in [1.807, 2.05) is 0 Å². The molecule has 0 aliphatic rings. The third-order valence-electron chi connectivity index (χ3n) is 11.6. The molecule has 6 heteroatoms. The average Bonchev–Trinajstić information content (AvgIpc) is 3.17. The predicted octanol–water partition coefficient (Wildman–Crippen LogP) is 14.7. The minimum atomic E-state index is -0.0244. The SMILES string of the molecule is CCCCCCCCCOC(=O)CCCCCCCN(CCCCCCCC(=O)OC(CCCCCCCC)CCCCCC(C)CC)CCCCC(C)=O. The Balaban J connectivity index is 4.27. The average molecular weight is 778 g/mol. The van der Waals surface area contributed by atoms with Gasteiger partial charge >= 0.3 is 11.9 Å². The number of hydrogen-bond donors (Lipinski definition) is 0. The van der Waals surface area contributed by atoms with Crippen LogP contribution in [0.1, 0.15) is 259 Å². The van der Waals surface area contributed by atoms with Gasteiger partial charge in [-0.05, 0) is 103 Å². The summed E-state index contributed by atoms with van der Waals surface area (Å²) >= 11 is 0. The Hall–Kier alpha value is -1.43. The van der Waals surface area contributed by atoms with Gasteiger partial charge in [-0.15, -0.1) is 0 Å². The number of ketones is 1. The fraction of sp³-hybridized carbons (Fsp3) is 0.939. The first-order valence-electron chi connectivity index (χ1n) is 24.4. The molecule has 0 radical (unpaired) electrons. The maximum atomic E-state index is 12.8. The zero-order valence-corrected chi connectivity index (χ0v) is 37.7. The molecule has 0 aromatic carbocycles. The van der Waals surface area contributed by atoms with Crippen molar-refractivity contribution < 1.29 is 23.9 Å². The lowest BCUT2D eigenvalue weighted by atomic mass is 9.98. The Labute approximate surface area is 343 Å². The smallest absolute Gasteiger partial charge is 0.306 e. The topological polar surface area (TPSA) is 72.9 Å². The molecule has 0 aromatic heterocycles. The molecule has 2 unspecified atom stereocenters. The molecule has 0 bridgehead atoms. The van der Waals surface area contributed by atoms with Crippen molar-refractivity contribution in [2.45, 2.75) is 265 Å². The number of unbranched alkanes of at least 4 members (excludes halogenated alkanes) is 22. The summed E-state index contributed by atoms with van der Waals surface area (Å²) in [6.45, 7) is 14.7. The first kappa shape index (κ1) is 53.6. The van der Waals surface area contributed by atoms with Crippen LogP contribution >= 0.6 is 0 Å². The fourth-order valence-electron chi connectivity index (χ4n) is 7.54. The van der Waals surface area contributed by atoms with Crippen molar-refractivity contribution in [3.8, 4) is 0 Å². The van der Waals surface area contributed by atoms with Crippen LogP contribution in [-0.4, -0.2) is 55.0 Å². The van der Waals surface area contributed by atoms with Gasteiger partial charge in [0.05, 0.1) is 6.61 Å². The van der Waals surface area contributed by atoms with Crippen molar-refractivity contribution in [3.05, 3.63) is 0 Å². The highest BCUT2D eigenvalue weighted by molar-refractivity contribution is 5.75. The molecule has 0 aliphatic heterocycles. The number of rotatable bonds is 44. The molecule has 0 rings (SSSR count). The van der Waals surface area contributed by atoms with E-state index in [1.54, 1.807) is 6.92 Å². The number of ether oxygens (including phenoxy) is 2. The molecule has 0 spiro atoms. The first-order valence-corrected chi connectivity index (χ1v) is 24.4. The molecule has 0 saturated heterocycles. The van der Waals surface area contributed by atoms with Gasteiger partial charge in [0.1, 0.15) is 11.9 Å². The van der Waals surface area contributed by atoms with Gasteiger partial charge in [0.25, 0.3) is 0 Å². The van der Waals surface area contributed by atoms with Crippen LogP contribution in [0.3, 0.4) is 0 Å². The maximum Gasteiger partial charge on any atom is 0.306 e. The van der Waals surface area contributed by atoms with E-state index < -0.39 is 0 Å². The minimum Gasteiger partial charge on any atom is -0.466 e. The van der Waals surface area contributed by atoms with Crippen molar-refractivity contribution in [1.82, 2.24) is 4.90 Å². The molecule has 326 valence electrons. The van der Waals surface area contributed by atoms with Crippen LogP contribution in [0.2, 0.25) is 0 Å². The third-order valence-corrected chi connectivity index (χ3v) is 11.6. The largest absolute Gasteiger partial charge is 0.466 e. The molecule has 2 atom stereocenters. The quantitative estimate of drug-likeness (QED) is 0.0453. The van der Waals surface area contributed by atoms with Crippen molar-refractivity contribution in [2.75, 3.05) is 26.2 Å². The van der Waals surface area contributed by atoms with Crippen molar-refractivity contribution in [3.63, 3.8) is 0 Å². The van der Waals surface area contributed by atoms with E-state index >= 15 is 0 Å². The van der Waals surface area contributed by atoms with Crippen molar-refractivity contribution in [1.29, 1.82) is 0 Å². The Morgan fingerprint density at radius 2 is 0.855 bits per heavy atom. The predicted molar refractivity (Wildman–Crippen MR) is 236 cm³/mol. The molecule has 0 aliphatic carbocycles. The molecular formula is C49H95NO5. The van der Waals surface area contributed by atoms with Crippen molar-refractivity contribution >= 4 is 17.7 Å². The molecule has 0 N–H and O–H groups in total. The Bertz CT molecular complexity index is 847. The summed E-state index contributed by atoms with van der Waals surface area (Å²) in [5.74, 6) is 1.10. The van der Waals surface area contributed by atoms with Gasteiger partial charge in [-0.1, -0.05) is 163 Å². The van der Waals surface area contributed by atoms with Gasteiger partial charge in [-0.25, -0.2) is 0 Å². The van der Waals surface area contributed by atoms with Gasteiger partial charge in [0.15, 0.2) is 0 Å². The standard InChI is InChI=1S/C49H95NO5/c1-6-9-11-13-15-23-34-44-54-48(52)39-28-19-16-21-31-41-50(43-33-30-36-46(5)51)42-32-22-17-20-29-40-49(53)55-47(37-26-18-14-12-10-7-2)38-27-24-25-35-45(4)8-3/h45,47H,6-44H2,1-5H3. The highest BCUT2D eigenvalue weighted by Gasteiger charge is 2.15. The fourth-order valence-corrected chi connectivity index (χ4v) is 7.54. The molecule has 6 nitrogen and oxygen atoms in total. The van der Waals surface area contributed by atoms with E-state index in [0.717, 1.165) is 83.3 Å². The first-order chi connectivity index (χ1) is 26.8. The summed E-state index contributed by atoms with van der Waals surface area (Å²) in [6.07, 6.45) is 39.9. The lowest BCUT2D eigenvalue weighted by Crippen LogP contribution is -2.27. The number of hydrogen-bond acceptors (Lipinski definition) is 6. The molecule has 55 heavy (non-hydrogen) atoms. The van der Waals surface area contributed by atoms with E-state index in [0.29, 0.717) is 25.9 Å². The van der Waals surface area contributed by atoms with Gasteiger partial charge in [0, 0.05) is 19.3 Å². The second-order valence-corrected chi connectivity index (χ2v) is 17.2. The maximum absolute atomic E-state index is 12.8. The summed E-state index contributed by atoms with van der Waals surface area (Å²) in [5, 5.41) is 0. The Morgan fingerprint density at radius 1 is 0.455 bits per heavy atom. The lowest BCUT2D eigenvalue weighted by molar-refractivity contribution is -0.150. The highest BCUT2D eigenvalue weighted by Crippen LogP contribution is 2.20. The van der Waals surface area contributed by atoms with E-state index in [4.69, 9.17) is 9.47 Å². The summed E-state index contributed by atoms with van der Waals surface area (Å²) in [5.41, 5.74) is 0. The monoisotopic (exact) mass is 778 g/mol.